The van der Waals surface area contributed by atoms with E-state index in [4.69, 9.17) is 5.73 Å². The molecule has 17 heavy (non-hydrogen) atoms. The van der Waals surface area contributed by atoms with Crippen molar-refractivity contribution in [3.63, 3.8) is 0 Å². The summed E-state index contributed by atoms with van der Waals surface area (Å²) in [5, 5.41) is 3.81. The molecule has 0 aliphatic carbocycles. The van der Waals surface area contributed by atoms with Crippen molar-refractivity contribution in [1.29, 1.82) is 0 Å². The summed E-state index contributed by atoms with van der Waals surface area (Å²) in [6, 6.07) is 8.00. The van der Waals surface area contributed by atoms with Gasteiger partial charge in [-0.1, -0.05) is 18.2 Å². The van der Waals surface area contributed by atoms with Crippen LogP contribution < -0.4 is 10.7 Å². The van der Waals surface area contributed by atoms with Crippen molar-refractivity contribution in [3.05, 3.63) is 29.8 Å². The molecule has 0 bridgehead atoms. The zero-order valence-electron chi connectivity index (χ0n) is 10.4. The highest BCUT2D eigenvalue weighted by Gasteiger charge is 2.31. The minimum absolute atomic E-state index is 0.0624. The molecular formula is C13H19N3O. The Kier molecular flexibility index (Phi) is 3.45. The minimum atomic E-state index is 0.0624. The highest BCUT2D eigenvalue weighted by atomic mass is 16.2. The second kappa shape index (κ2) is 4.85. The van der Waals surface area contributed by atoms with Gasteiger partial charge in [-0.2, -0.15) is 0 Å². The Morgan fingerprint density at radius 3 is 2.76 bits per heavy atom. The summed E-state index contributed by atoms with van der Waals surface area (Å²) in [6.07, 6.45) is 0.570. The number of para-hydroxylation sites is 1. The first kappa shape index (κ1) is 12.1. The first-order chi connectivity index (χ1) is 8.09. The highest BCUT2D eigenvalue weighted by molar-refractivity contribution is 5.95. The van der Waals surface area contributed by atoms with Crippen LogP contribution in [0.5, 0.6) is 0 Å². The van der Waals surface area contributed by atoms with Gasteiger partial charge in [0, 0.05) is 25.6 Å². The average molecular weight is 233 g/mol. The number of rotatable bonds is 3. The molecule has 4 heteroatoms. The van der Waals surface area contributed by atoms with Crippen LogP contribution in [-0.4, -0.2) is 30.0 Å². The molecule has 0 aromatic heterocycles. The van der Waals surface area contributed by atoms with E-state index in [-0.39, 0.29) is 11.9 Å². The zero-order valence-corrected chi connectivity index (χ0v) is 10.4. The Morgan fingerprint density at radius 2 is 2.12 bits per heavy atom. The van der Waals surface area contributed by atoms with Crippen LogP contribution >= 0.6 is 0 Å². The number of anilines is 1. The lowest BCUT2D eigenvalue weighted by molar-refractivity contribution is -0.118. The standard InChI is InChI=1S/C13H19N3O/c1-10-5-3-4-6-12(10)16-13(17)7-8-15(16)9-11(2)14/h3-6,11H,7-9,14H2,1-2H3. The summed E-state index contributed by atoms with van der Waals surface area (Å²) in [7, 11) is 0. The van der Waals surface area contributed by atoms with E-state index in [2.05, 4.69) is 0 Å². The number of aryl methyl sites for hydroxylation is 1. The fourth-order valence-corrected chi connectivity index (χ4v) is 2.18. The monoisotopic (exact) mass is 233 g/mol. The summed E-state index contributed by atoms with van der Waals surface area (Å²) in [6.45, 7) is 5.44. The zero-order chi connectivity index (χ0) is 12.4. The fraction of sp³-hybridized carbons (Fsp3) is 0.462. The van der Waals surface area contributed by atoms with E-state index in [9.17, 15) is 4.79 Å². The summed E-state index contributed by atoms with van der Waals surface area (Å²) < 4.78 is 0. The Balaban J connectivity index is 2.28. The van der Waals surface area contributed by atoms with Gasteiger partial charge in [-0.25, -0.2) is 10.0 Å². The van der Waals surface area contributed by atoms with Crippen molar-refractivity contribution in [2.24, 2.45) is 5.73 Å². The lowest BCUT2D eigenvalue weighted by Gasteiger charge is -2.30. The maximum atomic E-state index is 12.0. The van der Waals surface area contributed by atoms with Gasteiger partial charge in [0.2, 0.25) is 5.91 Å². The molecule has 1 fully saturated rings. The number of carbonyl (C=O) groups excluding carboxylic acids is 1. The topological polar surface area (TPSA) is 49.6 Å². The van der Waals surface area contributed by atoms with Gasteiger partial charge in [0.05, 0.1) is 5.69 Å². The second-order valence-corrected chi connectivity index (χ2v) is 4.63. The third-order valence-electron chi connectivity index (χ3n) is 2.95. The molecule has 2 N–H and O–H groups in total. The van der Waals surface area contributed by atoms with Crippen molar-refractivity contribution in [3.8, 4) is 0 Å². The quantitative estimate of drug-likeness (QED) is 0.856. The molecular weight excluding hydrogens is 214 g/mol. The number of hydrogen-bond donors (Lipinski definition) is 1. The summed E-state index contributed by atoms with van der Waals surface area (Å²) in [5.74, 6) is 0.153. The van der Waals surface area contributed by atoms with Gasteiger partial charge in [0.1, 0.15) is 0 Å². The smallest absolute Gasteiger partial charge is 0.242 e. The Labute approximate surface area is 102 Å². The molecule has 1 aliphatic heterocycles. The van der Waals surface area contributed by atoms with Crippen LogP contribution in [0.3, 0.4) is 0 Å². The lowest BCUT2D eigenvalue weighted by Crippen LogP contribution is -2.45. The summed E-state index contributed by atoms with van der Waals surface area (Å²) in [4.78, 5) is 12.0. The third kappa shape index (κ3) is 2.48. The number of hydrazine groups is 1. The third-order valence-corrected chi connectivity index (χ3v) is 2.95. The molecule has 1 aromatic carbocycles. The van der Waals surface area contributed by atoms with Gasteiger partial charge >= 0.3 is 0 Å². The van der Waals surface area contributed by atoms with Gasteiger partial charge in [-0.05, 0) is 25.5 Å². The predicted octanol–water partition coefficient (Wildman–Crippen LogP) is 1.30. The van der Waals surface area contributed by atoms with E-state index in [1.165, 1.54) is 0 Å². The van der Waals surface area contributed by atoms with Gasteiger partial charge in [-0.3, -0.25) is 4.79 Å². The highest BCUT2D eigenvalue weighted by Crippen LogP contribution is 2.25. The lowest BCUT2D eigenvalue weighted by atomic mass is 10.2. The second-order valence-electron chi connectivity index (χ2n) is 4.63. The summed E-state index contributed by atoms with van der Waals surface area (Å²) in [5.41, 5.74) is 7.89. The number of nitrogens with zero attached hydrogens (tertiary/aromatic N) is 2. The molecule has 0 spiro atoms. The molecule has 1 aliphatic rings. The molecule has 1 unspecified atom stereocenters. The first-order valence-electron chi connectivity index (χ1n) is 5.98. The van der Waals surface area contributed by atoms with Crippen LogP contribution in [0.15, 0.2) is 24.3 Å². The Hall–Kier alpha value is -1.39. The van der Waals surface area contributed by atoms with Gasteiger partial charge < -0.3 is 5.73 Å². The Bertz CT molecular complexity index is 417. The summed E-state index contributed by atoms with van der Waals surface area (Å²) >= 11 is 0. The molecule has 1 saturated heterocycles. The van der Waals surface area contributed by atoms with Gasteiger partial charge in [-0.15, -0.1) is 0 Å². The van der Waals surface area contributed by atoms with Crippen LogP contribution in [0.4, 0.5) is 5.69 Å². The minimum Gasteiger partial charge on any atom is -0.327 e. The normalized spacial score (nSPS) is 18.8. The number of amides is 1. The van der Waals surface area contributed by atoms with Crippen molar-refractivity contribution >= 4 is 11.6 Å². The Morgan fingerprint density at radius 1 is 1.41 bits per heavy atom. The SMILES string of the molecule is Cc1ccccc1N1C(=O)CCN1CC(C)N. The van der Waals surface area contributed by atoms with E-state index >= 15 is 0 Å². The maximum Gasteiger partial charge on any atom is 0.242 e. The van der Waals surface area contributed by atoms with Crippen LogP contribution in [0.25, 0.3) is 0 Å². The van der Waals surface area contributed by atoms with Crippen molar-refractivity contribution in [2.45, 2.75) is 26.3 Å². The molecule has 1 aromatic rings. The van der Waals surface area contributed by atoms with E-state index in [1.54, 1.807) is 5.01 Å². The average Bonchev–Trinajstić information content (AvgIpc) is 2.60. The number of benzene rings is 1. The fourth-order valence-electron chi connectivity index (χ4n) is 2.18. The molecule has 4 nitrogen and oxygen atoms in total. The van der Waals surface area contributed by atoms with Crippen LogP contribution in [0, 0.1) is 6.92 Å². The van der Waals surface area contributed by atoms with Crippen LogP contribution in [0.1, 0.15) is 18.9 Å². The van der Waals surface area contributed by atoms with E-state index in [0.717, 1.165) is 17.8 Å². The molecule has 1 amide bonds. The largest absolute Gasteiger partial charge is 0.327 e. The number of nitrogens with two attached hydrogens (primary N) is 1. The number of hydrogen-bond acceptors (Lipinski definition) is 3. The molecule has 1 heterocycles. The maximum absolute atomic E-state index is 12.0. The predicted molar refractivity (Wildman–Crippen MR) is 68.5 cm³/mol. The van der Waals surface area contributed by atoms with E-state index in [1.807, 2.05) is 43.1 Å². The van der Waals surface area contributed by atoms with E-state index in [0.29, 0.717) is 13.0 Å². The van der Waals surface area contributed by atoms with Crippen LogP contribution in [-0.2, 0) is 4.79 Å². The molecule has 2 rings (SSSR count). The van der Waals surface area contributed by atoms with Crippen molar-refractivity contribution in [1.82, 2.24) is 5.01 Å². The molecule has 1 atom stereocenters. The molecule has 0 saturated carbocycles. The van der Waals surface area contributed by atoms with Crippen LogP contribution in [0.2, 0.25) is 0 Å². The van der Waals surface area contributed by atoms with Crippen molar-refractivity contribution in [2.75, 3.05) is 18.1 Å². The molecule has 0 radical (unpaired) electrons. The van der Waals surface area contributed by atoms with Gasteiger partial charge in [0.25, 0.3) is 0 Å². The van der Waals surface area contributed by atoms with E-state index < -0.39 is 0 Å². The number of carbonyl (C=O) groups is 1. The molecule has 92 valence electrons. The first-order valence-corrected chi connectivity index (χ1v) is 5.98. The van der Waals surface area contributed by atoms with Crippen molar-refractivity contribution < 1.29 is 4.79 Å². The van der Waals surface area contributed by atoms with Gasteiger partial charge in [0.15, 0.2) is 0 Å².